The summed E-state index contributed by atoms with van der Waals surface area (Å²) in [5.74, 6) is 1.16. The molecule has 0 saturated carbocycles. The Balaban J connectivity index is 2.67. The third kappa shape index (κ3) is 2.22. The number of aromatic amines is 1. The van der Waals surface area contributed by atoms with Crippen LogP contribution in [-0.2, 0) is 0 Å². The number of ether oxygens (including phenoxy) is 2. The van der Waals surface area contributed by atoms with E-state index in [9.17, 15) is 4.79 Å². The van der Waals surface area contributed by atoms with Crippen LogP contribution < -0.4 is 15.0 Å². The summed E-state index contributed by atoms with van der Waals surface area (Å²) in [5.41, 5.74) is 0.365. The van der Waals surface area contributed by atoms with Gasteiger partial charge in [0.1, 0.15) is 16.9 Å². The Hall–Kier alpha value is -2.04. The van der Waals surface area contributed by atoms with Gasteiger partial charge in [0.05, 0.1) is 25.1 Å². The first kappa shape index (κ1) is 11.4. The molecule has 0 bridgehead atoms. The lowest BCUT2D eigenvalue weighted by molar-refractivity contribution is 0.326. The van der Waals surface area contributed by atoms with Crippen molar-refractivity contribution in [2.24, 2.45) is 0 Å². The van der Waals surface area contributed by atoms with E-state index >= 15 is 0 Å². The third-order valence-corrected chi connectivity index (χ3v) is 2.29. The summed E-state index contributed by atoms with van der Waals surface area (Å²) in [4.78, 5) is 18.4. The summed E-state index contributed by atoms with van der Waals surface area (Å²) < 4.78 is 10.9. The van der Waals surface area contributed by atoms with E-state index in [1.807, 2.05) is 13.8 Å². The van der Waals surface area contributed by atoms with Gasteiger partial charge in [-0.15, -0.1) is 0 Å². The van der Waals surface area contributed by atoms with Crippen LogP contribution in [0, 0.1) is 0 Å². The van der Waals surface area contributed by atoms with Crippen LogP contribution in [0.25, 0.3) is 10.9 Å². The minimum atomic E-state index is -0.207. The monoisotopic (exact) mass is 234 g/mol. The zero-order valence-electron chi connectivity index (χ0n) is 9.82. The number of benzene rings is 1. The zero-order chi connectivity index (χ0) is 12.3. The number of hydrogen-bond donors (Lipinski definition) is 1. The maximum Gasteiger partial charge on any atom is 0.262 e. The number of nitrogens with zero attached hydrogens (tertiary/aromatic N) is 1. The van der Waals surface area contributed by atoms with Crippen molar-refractivity contribution < 1.29 is 9.47 Å². The van der Waals surface area contributed by atoms with Gasteiger partial charge in [-0.2, -0.15) is 0 Å². The van der Waals surface area contributed by atoms with E-state index in [4.69, 9.17) is 9.47 Å². The quantitative estimate of drug-likeness (QED) is 0.874. The van der Waals surface area contributed by atoms with Crippen molar-refractivity contribution in [3.8, 4) is 11.5 Å². The van der Waals surface area contributed by atoms with Gasteiger partial charge in [0, 0.05) is 12.1 Å². The Morgan fingerprint density at radius 1 is 1.24 bits per heavy atom. The minimum absolute atomic E-state index is 0.207. The molecule has 2 rings (SSSR count). The second-order valence-corrected chi connectivity index (χ2v) is 3.41. The molecule has 1 heterocycles. The molecule has 17 heavy (non-hydrogen) atoms. The number of nitrogens with one attached hydrogen (secondary N) is 1. The van der Waals surface area contributed by atoms with Crippen molar-refractivity contribution in [2.75, 3.05) is 13.2 Å². The van der Waals surface area contributed by atoms with Crippen molar-refractivity contribution in [3.05, 3.63) is 28.8 Å². The van der Waals surface area contributed by atoms with Crippen molar-refractivity contribution in [3.63, 3.8) is 0 Å². The second-order valence-electron chi connectivity index (χ2n) is 3.41. The molecule has 0 amide bonds. The highest BCUT2D eigenvalue weighted by Gasteiger charge is 2.10. The van der Waals surface area contributed by atoms with Gasteiger partial charge in [0.25, 0.3) is 5.56 Å². The topological polar surface area (TPSA) is 64.2 Å². The molecule has 0 saturated heterocycles. The third-order valence-electron chi connectivity index (χ3n) is 2.29. The van der Waals surface area contributed by atoms with Crippen LogP contribution in [0.1, 0.15) is 13.8 Å². The van der Waals surface area contributed by atoms with E-state index in [0.717, 1.165) is 0 Å². The molecule has 1 N–H and O–H groups in total. The lowest BCUT2D eigenvalue weighted by atomic mass is 10.2. The summed E-state index contributed by atoms with van der Waals surface area (Å²) in [6.45, 7) is 4.80. The summed E-state index contributed by atoms with van der Waals surface area (Å²) in [5, 5.41) is 0.456. The van der Waals surface area contributed by atoms with E-state index in [1.54, 1.807) is 12.1 Å². The van der Waals surface area contributed by atoms with Gasteiger partial charge in [-0.05, 0) is 13.8 Å². The molecule has 5 nitrogen and oxygen atoms in total. The van der Waals surface area contributed by atoms with Gasteiger partial charge in [0.15, 0.2) is 0 Å². The Bertz CT molecular complexity index is 577. The molecule has 0 aliphatic heterocycles. The van der Waals surface area contributed by atoms with Crippen LogP contribution in [0.3, 0.4) is 0 Å². The highest BCUT2D eigenvalue weighted by molar-refractivity contribution is 5.85. The molecule has 0 atom stereocenters. The molecule has 0 fully saturated rings. The van der Waals surface area contributed by atoms with Crippen LogP contribution in [0.5, 0.6) is 11.5 Å². The van der Waals surface area contributed by atoms with Gasteiger partial charge in [0.2, 0.25) is 0 Å². The first-order chi connectivity index (χ1) is 8.26. The molecular weight excluding hydrogens is 220 g/mol. The van der Waals surface area contributed by atoms with Crippen molar-refractivity contribution in [1.82, 2.24) is 9.97 Å². The van der Waals surface area contributed by atoms with Gasteiger partial charge >= 0.3 is 0 Å². The van der Waals surface area contributed by atoms with E-state index < -0.39 is 0 Å². The van der Waals surface area contributed by atoms with Crippen molar-refractivity contribution in [1.29, 1.82) is 0 Å². The molecule has 90 valence electrons. The molecule has 2 aromatic rings. The Labute approximate surface area is 98.4 Å². The standard InChI is InChI=1S/C12H14N2O3/c1-3-16-8-5-9-11(10(6-8)17-4-2)12(15)14-7-13-9/h5-7H,3-4H2,1-2H3,(H,13,14,15). The highest BCUT2D eigenvalue weighted by atomic mass is 16.5. The van der Waals surface area contributed by atoms with Gasteiger partial charge < -0.3 is 14.5 Å². The number of fused-ring (bicyclic) bond motifs is 1. The molecule has 5 heteroatoms. The smallest absolute Gasteiger partial charge is 0.262 e. The van der Waals surface area contributed by atoms with Gasteiger partial charge in [-0.3, -0.25) is 4.79 Å². The molecule has 0 unspecified atom stereocenters. The van der Waals surface area contributed by atoms with Crippen LogP contribution in [0.4, 0.5) is 0 Å². The predicted molar refractivity (Wildman–Crippen MR) is 64.7 cm³/mol. The largest absolute Gasteiger partial charge is 0.494 e. The number of hydrogen-bond acceptors (Lipinski definition) is 4. The Kier molecular flexibility index (Phi) is 3.27. The van der Waals surface area contributed by atoms with Crippen molar-refractivity contribution >= 4 is 10.9 Å². The highest BCUT2D eigenvalue weighted by Crippen LogP contribution is 2.27. The molecule has 0 radical (unpaired) electrons. The first-order valence-corrected chi connectivity index (χ1v) is 5.53. The summed E-state index contributed by atoms with van der Waals surface area (Å²) >= 11 is 0. The predicted octanol–water partition coefficient (Wildman–Crippen LogP) is 1.72. The van der Waals surface area contributed by atoms with E-state index in [0.29, 0.717) is 35.6 Å². The SMILES string of the molecule is CCOc1cc(OCC)c2c(=O)[nH]cnc2c1. The zero-order valence-corrected chi connectivity index (χ0v) is 9.82. The average molecular weight is 234 g/mol. The Morgan fingerprint density at radius 2 is 2.00 bits per heavy atom. The molecule has 1 aromatic heterocycles. The van der Waals surface area contributed by atoms with Crippen LogP contribution >= 0.6 is 0 Å². The number of H-pyrrole nitrogens is 1. The second kappa shape index (κ2) is 4.86. The maximum atomic E-state index is 11.7. The summed E-state index contributed by atoms with van der Waals surface area (Å²) in [6.07, 6.45) is 1.37. The molecule has 0 aliphatic carbocycles. The van der Waals surface area contributed by atoms with Gasteiger partial charge in [-0.25, -0.2) is 4.98 Å². The lowest BCUT2D eigenvalue weighted by Gasteiger charge is -2.09. The molecule has 0 aliphatic rings. The maximum absolute atomic E-state index is 11.7. The van der Waals surface area contributed by atoms with E-state index in [2.05, 4.69) is 9.97 Å². The lowest BCUT2D eigenvalue weighted by Crippen LogP contribution is -2.09. The average Bonchev–Trinajstić information content (AvgIpc) is 2.29. The normalized spacial score (nSPS) is 10.5. The van der Waals surface area contributed by atoms with E-state index in [-0.39, 0.29) is 5.56 Å². The first-order valence-electron chi connectivity index (χ1n) is 5.53. The minimum Gasteiger partial charge on any atom is -0.494 e. The fourth-order valence-electron chi connectivity index (χ4n) is 1.66. The van der Waals surface area contributed by atoms with Crippen molar-refractivity contribution in [2.45, 2.75) is 13.8 Å². The molecule has 1 aromatic carbocycles. The molecule has 0 spiro atoms. The number of rotatable bonds is 4. The van der Waals surface area contributed by atoms with E-state index in [1.165, 1.54) is 6.33 Å². The Morgan fingerprint density at radius 3 is 2.71 bits per heavy atom. The fourth-order valence-corrected chi connectivity index (χ4v) is 1.66. The van der Waals surface area contributed by atoms with Crippen LogP contribution in [0.2, 0.25) is 0 Å². The number of aromatic nitrogens is 2. The molecular formula is C12H14N2O3. The summed E-state index contributed by atoms with van der Waals surface area (Å²) in [6, 6.07) is 3.45. The van der Waals surface area contributed by atoms with Gasteiger partial charge in [-0.1, -0.05) is 0 Å². The van der Waals surface area contributed by atoms with Crippen LogP contribution in [-0.4, -0.2) is 23.2 Å². The van der Waals surface area contributed by atoms with Crippen LogP contribution in [0.15, 0.2) is 23.3 Å². The summed E-state index contributed by atoms with van der Waals surface area (Å²) in [7, 11) is 0. The fraction of sp³-hybridized carbons (Fsp3) is 0.333.